The van der Waals surface area contributed by atoms with Crippen molar-refractivity contribution in [1.82, 2.24) is 24.1 Å². The summed E-state index contributed by atoms with van der Waals surface area (Å²) in [7, 11) is 1.95. The van der Waals surface area contributed by atoms with Gasteiger partial charge in [-0.2, -0.15) is 0 Å². The van der Waals surface area contributed by atoms with E-state index in [9.17, 15) is 14.4 Å². The Morgan fingerprint density at radius 3 is 2.30 bits per heavy atom. The second kappa shape index (κ2) is 9.09. The summed E-state index contributed by atoms with van der Waals surface area (Å²) in [5, 5.41) is 4.49. The number of aromatic nitrogens is 4. The van der Waals surface area contributed by atoms with Crippen LogP contribution in [0.4, 0.5) is 0 Å². The SMILES string of the molecule is Cn1cc(C2C(=O)NC(=O)C2c2cn(CCCC(=O)Nn3ccnc3)c3ccccc23)c2ccccc21. The maximum absolute atomic E-state index is 13.2. The maximum Gasteiger partial charge on any atom is 0.238 e. The number of carbonyl (C=O) groups is 3. The number of hydrogen-bond acceptors (Lipinski definition) is 4. The van der Waals surface area contributed by atoms with Gasteiger partial charge in [-0.15, -0.1) is 0 Å². The van der Waals surface area contributed by atoms with Crippen LogP contribution in [0.3, 0.4) is 0 Å². The van der Waals surface area contributed by atoms with Crippen LogP contribution in [0.2, 0.25) is 0 Å². The van der Waals surface area contributed by atoms with E-state index in [0.29, 0.717) is 19.4 Å². The number of rotatable bonds is 7. The summed E-state index contributed by atoms with van der Waals surface area (Å²) >= 11 is 0. The molecular formula is C28H26N6O3. The molecule has 186 valence electrons. The van der Waals surface area contributed by atoms with Crippen LogP contribution in [0.15, 0.2) is 79.6 Å². The first kappa shape index (κ1) is 22.8. The van der Waals surface area contributed by atoms with Crippen LogP contribution in [0.1, 0.15) is 35.8 Å². The average Bonchev–Trinajstić information content (AvgIpc) is 3.66. The fraction of sp³-hybridized carbons (Fsp3) is 0.214. The summed E-state index contributed by atoms with van der Waals surface area (Å²) in [4.78, 5) is 42.6. The van der Waals surface area contributed by atoms with Crippen molar-refractivity contribution in [2.75, 3.05) is 5.43 Å². The normalized spacial score (nSPS) is 17.5. The topological polar surface area (TPSA) is 103 Å². The van der Waals surface area contributed by atoms with Crippen molar-refractivity contribution >= 4 is 39.5 Å². The minimum atomic E-state index is -0.644. The van der Waals surface area contributed by atoms with Crippen LogP contribution in [0, 0.1) is 0 Å². The zero-order valence-electron chi connectivity index (χ0n) is 20.3. The first-order valence-corrected chi connectivity index (χ1v) is 12.3. The number of hydrogen-bond donors (Lipinski definition) is 2. The van der Waals surface area contributed by atoms with E-state index in [1.54, 1.807) is 12.4 Å². The first-order valence-electron chi connectivity index (χ1n) is 12.3. The molecule has 3 amide bonds. The number of carbonyl (C=O) groups excluding carboxylic acids is 3. The molecule has 0 aliphatic carbocycles. The first-order chi connectivity index (χ1) is 18.0. The van der Waals surface area contributed by atoms with Crippen molar-refractivity contribution in [2.24, 2.45) is 7.05 Å². The third-order valence-electron chi connectivity index (χ3n) is 7.12. The molecule has 5 aromatic rings. The summed E-state index contributed by atoms with van der Waals surface area (Å²) in [5.74, 6) is -1.94. The summed E-state index contributed by atoms with van der Waals surface area (Å²) in [6.07, 6.45) is 9.68. The molecule has 1 aliphatic heterocycles. The minimum absolute atomic E-state index is 0.105. The van der Waals surface area contributed by atoms with Gasteiger partial charge in [-0.25, -0.2) is 9.66 Å². The third kappa shape index (κ3) is 3.98. The molecule has 1 saturated heterocycles. The number of amides is 3. The van der Waals surface area contributed by atoms with Gasteiger partial charge in [0.2, 0.25) is 17.7 Å². The van der Waals surface area contributed by atoms with Crippen molar-refractivity contribution < 1.29 is 14.4 Å². The van der Waals surface area contributed by atoms with Gasteiger partial charge >= 0.3 is 0 Å². The third-order valence-corrected chi connectivity index (χ3v) is 7.12. The molecule has 0 radical (unpaired) electrons. The van der Waals surface area contributed by atoms with E-state index in [-0.39, 0.29) is 17.7 Å². The van der Waals surface area contributed by atoms with Crippen LogP contribution in [-0.2, 0) is 28.0 Å². The Balaban J connectivity index is 1.32. The molecule has 2 N–H and O–H groups in total. The van der Waals surface area contributed by atoms with Crippen LogP contribution in [0.5, 0.6) is 0 Å². The van der Waals surface area contributed by atoms with Gasteiger partial charge in [0.25, 0.3) is 0 Å². The predicted octanol–water partition coefficient (Wildman–Crippen LogP) is 3.40. The lowest BCUT2D eigenvalue weighted by atomic mass is 9.83. The highest BCUT2D eigenvalue weighted by atomic mass is 16.2. The van der Waals surface area contributed by atoms with Crippen LogP contribution in [-0.4, -0.2) is 36.5 Å². The number of fused-ring (bicyclic) bond motifs is 2. The molecule has 9 heteroatoms. The van der Waals surface area contributed by atoms with Crippen LogP contribution >= 0.6 is 0 Å². The van der Waals surface area contributed by atoms with Crippen molar-refractivity contribution in [3.05, 3.63) is 90.8 Å². The highest BCUT2D eigenvalue weighted by molar-refractivity contribution is 6.13. The molecule has 1 fully saturated rings. The zero-order chi connectivity index (χ0) is 25.5. The number of imidazole rings is 1. The van der Waals surface area contributed by atoms with Crippen LogP contribution in [0.25, 0.3) is 21.8 Å². The fourth-order valence-corrected chi connectivity index (χ4v) is 5.49. The molecule has 2 unspecified atom stereocenters. The Hall–Kier alpha value is -4.66. The van der Waals surface area contributed by atoms with Crippen molar-refractivity contribution in [3.63, 3.8) is 0 Å². The standard InChI is InChI=1S/C28H26N6O3/c1-32-15-20(18-7-2-4-9-22(18)32)25-26(28(37)30-27(25)36)21-16-33(23-10-5-3-8-19(21)23)13-6-11-24(35)31-34-14-12-29-17-34/h2-5,7-10,12,14-17,25-26H,6,11,13H2,1H3,(H,31,35)(H,30,36,37). The van der Waals surface area contributed by atoms with Gasteiger partial charge in [0, 0.05) is 66.6 Å². The lowest BCUT2D eigenvalue weighted by molar-refractivity contribution is -0.125. The van der Waals surface area contributed by atoms with E-state index in [2.05, 4.69) is 20.3 Å². The Morgan fingerprint density at radius 2 is 1.59 bits per heavy atom. The number of nitrogens with one attached hydrogen (secondary N) is 2. The van der Waals surface area contributed by atoms with Crippen molar-refractivity contribution in [1.29, 1.82) is 0 Å². The van der Waals surface area contributed by atoms with E-state index in [1.807, 2.05) is 72.5 Å². The number of para-hydroxylation sites is 2. The molecular weight excluding hydrogens is 468 g/mol. The maximum atomic E-state index is 13.2. The lowest BCUT2D eigenvalue weighted by Crippen LogP contribution is -2.21. The molecule has 1 aliphatic rings. The van der Waals surface area contributed by atoms with Crippen LogP contribution < -0.4 is 10.7 Å². The summed E-state index contributed by atoms with van der Waals surface area (Å²) in [6, 6.07) is 15.8. The quantitative estimate of drug-likeness (QED) is 0.339. The Morgan fingerprint density at radius 1 is 0.946 bits per heavy atom. The molecule has 3 aromatic heterocycles. The second-order valence-electron chi connectivity index (χ2n) is 9.42. The van der Waals surface area contributed by atoms with E-state index < -0.39 is 11.8 Å². The Labute approximate surface area is 212 Å². The van der Waals surface area contributed by atoms with Gasteiger partial charge in [0.15, 0.2) is 0 Å². The molecule has 0 spiro atoms. The molecule has 0 saturated carbocycles. The molecule has 2 atom stereocenters. The van der Waals surface area contributed by atoms with Gasteiger partial charge in [0.05, 0.1) is 11.8 Å². The Kier molecular flexibility index (Phi) is 5.60. The van der Waals surface area contributed by atoms with Gasteiger partial charge in [-0.3, -0.25) is 25.1 Å². The summed E-state index contributed by atoms with van der Waals surface area (Å²) in [5.41, 5.74) is 6.41. The minimum Gasteiger partial charge on any atom is -0.350 e. The predicted molar refractivity (Wildman–Crippen MR) is 139 cm³/mol. The van der Waals surface area contributed by atoms with Crippen molar-refractivity contribution in [3.8, 4) is 0 Å². The monoisotopic (exact) mass is 494 g/mol. The van der Waals surface area contributed by atoms with E-state index >= 15 is 0 Å². The van der Waals surface area contributed by atoms with Crippen molar-refractivity contribution in [2.45, 2.75) is 31.2 Å². The Bertz CT molecular complexity index is 1650. The molecule has 4 heterocycles. The van der Waals surface area contributed by atoms with Gasteiger partial charge in [0.1, 0.15) is 6.33 Å². The average molecular weight is 495 g/mol. The summed E-state index contributed by atoms with van der Waals surface area (Å²) < 4.78 is 5.59. The van der Waals surface area contributed by atoms with Gasteiger partial charge < -0.3 is 9.13 Å². The molecule has 37 heavy (non-hydrogen) atoms. The zero-order valence-corrected chi connectivity index (χ0v) is 20.3. The number of aryl methyl sites for hydroxylation is 2. The molecule has 9 nitrogen and oxygen atoms in total. The van der Waals surface area contributed by atoms with Gasteiger partial charge in [-0.1, -0.05) is 36.4 Å². The highest BCUT2D eigenvalue weighted by Crippen LogP contribution is 2.43. The largest absolute Gasteiger partial charge is 0.350 e. The van der Waals surface area contributed by atoms with Gasteiger partial charge in [-0.05, 0) is 29.7 Å². The summed E-state index contributed by atoms with van der Waals surface area (Å²) in [6.45, 7) is 0.596. The number of imide groups is 1. The smallest absolute Gasteiger partial charge is 0.238 e. The highest BCUT2D eigenvalue weighted by Gasteiger charge is 2.45. The molecule has 6 rings (SSSR count). The molecule has 2 aromatic carbocycles. The van der Waals surface area contributed by atoms with E-state index in [0.717, 1.165) is 32.9 Å². The second-order valence-corrected chi connectivity index (χ2v) is 9.42. The molecule has 0 bridgehead atoms. The van der Waals surface area contributed by atoms with E-state index in [1.165, 1.54) is 11.0 Å². The number of nitrogens with zero attached hydrogens (tertiary/aromatic N) is 4. The van der Waals surface area contributed by atoms with E-state index in [4.69, 9.17) is 0 Å². The number of benzene rings is 2. The lowest BCUT2D eigenvalue weighted by Gasteiger charge is -2.15. The fourth-order valence-electron chi connectivity index (χ4n) is 5.49.